The van der Waals surface area contributed by atoms with Gasteiger partial charge in [0, 0.05) is 24.5 Å². The topological polar surface area (TPSA) is 60.9 Å². The quantitative estimate of drug-likeness (QED) is 0.367. The number of benzene rings is 2. The number of hydrogen-bond acceptors (Lipinski definition) is 5. The lowest BCUT2D eigenvalue weighted by molar-refractivity contribution is -0.132. The van der Waals surface area contributed by atoms with Crippen molar-refractivity contribution in [2.75, 3.05) is 32.7 Å². The molecule has 0 saturated carbocycles. The van der Waals surface area contributed by atoms with Crippen molar-refractivity contribution in [3.8, 4) is 0 Å². The number of carbonyl (C=O) groups is 1. The highest BCUT2D eigenvalue weighted by molar-refractivity contribution is 7.89. The Morgan fingerprint density at radius 3 is 2.33 bits per heavy atom. The van der Waals surface area contributed by atoms with Crippen molar-refractivity contribution in [3.63, 3.8) is 0 Å². The van der Waals surface area contributed by atoms with Crippen LogP contribution in [0.15, 0.2) is 70.9 Å². The lowest BCUT2D eigenvalue weighted by Gasteiger charge is -2.28. The van der Waals surface area contributed by atoms with Gasteiger partial charge in [0.1, 0.15) is 5.82 Å². The fourth-order valence-electron chi connectivity index (χ4n) is 4.29. The molecule has 1 aromatic heterocycles. The Balaban J connectivity index is 1.57. The van der Waals surface area contributed by atoms with Crippen molar-refractivity contribution in [2.45, 2.75) is 37.8 Å². The molecule has 192 valence electrons. The molecule has 1 fully saturated rings. The Kier molecular flexibility index (Phi) is 8.90. The molecule has 1 saturated heterocycles. The summed E-state index contributed by atoms with van der Waals surface area (Å²) < 4.78 is 42.0. The van der Waals surface area contributed by atoms with E-state index < -0.39 is 10.0 Å². The SMILES string of the molecule is Cc1ccc(S(=O)(=O)N(CCN2CCCC2)CC(=O)N(Cc2ccc(F)cc2)Cc2cccs2)cc1. The van der Waals surface area contributed by atoms with Crippen LogP contribution >= 0.6 is 11.3 Å². The van der Waals surface area contributed by atoms with E-state index in [0.29, 0.717) is 13.1 Å². The van der Waals surface area contributed by atoms with Gasteiger partial charge in [0.05, 0.1) is 18.0 Å². The maximum absolute atomic E-state index is 13.6. The molecule has 1 aliphatic heterocycles. The molecule has 3 aromatic rings. The van der Waals surface area contributed by atoms with E-state index in [4.69, 9.17) is 0 Å². The fourth-order valence-corrected chi connectivity index (χ4v) is 6.39. The summed E-state index contributed by atoms with van der Waals surface area (Å²) in [5.41, 5.74) is 1.75. The first-order valence-corrected chi connectivity index (χ1v) is 14.5. The van der Waals surface area contributed by atoms with Gasteiger partial charge in [-0.1, -0.05) is 35.9 Å². The summed E-state index contributed by atoms with van der Waals surface area (Å²) in [7, 11) is -3.87. The number of rotatable bonds is 11. The van der Waals surface area contributed by atoms with E-state index in [2.05, 4.69) is 4.90 Å². The molecule has 0 spiro atoms. The molecule has 0 atom stereocenters. The van der Waals surface area contributed by atoms with E-state index in [1.165, 1.54) is 27.8 Å². The molecule has 36 heavy (non-hydrogen) atoms. The van der Waals surface area contributed by atoms with Crippen molar-refractivity contribution in [1.82, 2.24) is 14.1 Å². The van der Waals surface area contributed by atoms with E-state index >= 15 is 0 Å². The second-order valence-corrected chi connectivity index (χ2v) is 12.1. The zero-order valence-electron chi connectivity index (χ0n) is 20.5. The first-order valence-electron chi connectivity index (χ1n) is 12.1. The molecule has 0 radical (unpaired) electrons. The summed E-state index contributed by atoms with van der Waals surface area (Å²) in [5, 5.41) is 1.94. The van der Waals surface area contributed by atoms with Gasteiger partial charge < -0.3 is 9.80 Å². The summed E-state index contributed by atoms with van der Waals surface area (Å²) >= 11 is 1.54. The number of hydrogen-bond donors (Lipinski definition) is 0. The van der Waals surface area contributed by atoms with Gasteiger partial charge in [-0.2, -0.15) is 4.31 Å². The van der Waals surface area contributed by atoms with Crippen LogP contribution in [0.25, 0.3) is 0 Å². The van der Waals surface area contributed by atoms with Gasteiger partial charge in [-0.25, -0.2) is 12.8 Å². The van der Waals surface area contributed by atoms with Crippen LogP contribution in [0.5, 0.6) is 0 Å². The van der Waals surface area contributed by atoms with Gasteiger partial charge >= 0.3 is 0 Å². The Hall–Kier alpha value is -2.59. The van der Waals surface area contributed by atoms with Crippen molar-refractivity contribution in [1.29, 1.82) is 0 Å². The Bertz CT molecular complexity index is 1220. The van der Waals surface area contributed by atoms with E-state index in [1.807, 2.05) is 24.4 Å². The van der Waals surface area contributed by atoms with Crippen LogP contribution < -0.4 is 0 Å². The summed E-state index contributed by atoms with van der Waals surface area (Å²) in [5.74, 6) is -0.628. The Labute approximate surface area is 217 Å². The predicted octanol–water partition coefficient (Wildman–Crippen LogP) is 4.51. The Morgan fingerprint density at radius 1 is 1.00 bits per heavy atom. The zero-order valence-corrected chi connectivity index (χ0v) is 22.1. The largest absolute Gasteiger partial charge is 0.332 e. The van der Waals surface area contributed by atoms with Gasteiger partial charge in [-0.3, -0.25) is 4.79 Å². The molecule has 0 bridgehead atoms. The highest BCUT2D eigenvalue weighted by atomic mass is 32.2. The average molecular weight is 530 g/mol. The third-order valence-electron chi connectivity index (χ3n) is 6.40. The number of carbonyl (C=O) groups excluding carboxylic acids is 1. The first-order chi connectivity index (χ1) is 17.3. The van der Waals surface area contributed by atoms with Crippen molar-refractivity contribution in [3.05, 3.63) is 87.9 Å². The minimum Gasteiger partial charge on any atom is -0.332 e. The number of nitrogens with zero attached hydrogens (tertiary/aromatic N) is 3. The number of amides is 1. The van der Waals surface area contributed by atoms with Crippen molar-refractivity contribution >= 4 is 27.3 Å². The molecule has 9 heteroatoms. The lowest BCUT2D eigenvalue weighted by atomic mass is 10.2. The molecule has 2 aromatic carbocycles. The second-order valence-electron chi connectivity index (χ2n) is 9.16. The highest BCUT2D eigenvalue weighted by Gasteiger charge is 2.29. The van der Waals surface area contributed by atoms with Crippen LogP contribution in [0.4, 0.5) is 4.39 Å². The molecule has 0 unspecified atom stereocenters. The predicted molar refractivity (Wildman–Crippen MR) is 141 cm³/mol. The molecule has 1 amide bonds. The third-order valence-corrected chi connectivity index (χ3v) is 9.12. The van der Waals surface area contributed by atoms with E-state index in [-0.39, 0.29) is 36.3 Å². The van der Waals surface area contributed by atoms with Crippen molar-refractivity contribution < 1.29 is 17.6 Å². The maximum Gasteiger partial charge on any atom is 0.243 e. The molecule has 0 N–H and O–H groups in total. The number of halogens is 1. The smallest absolute Gasteiger partial charge is 0.243 e. The summed E-state index contributed by atoms with van der Waals surface area (Å²) in [6, 6.07) is 16.6. The van der Waals surface area contributed by atoms with Crippen LogP contribution in [0, 0.1) is 12.7 Å². The van der Waals surface area contributed by atoms with Gasteiger partial charge in [-0.05, 0) is 74.1 Å². The zero-order chi connectivity index (χ0) is 25.5. The number of likely N-dealkylation sites (tertiary alicyclic amines) is 1. The molecular weight excluding hydrogens is 497 g/mol. The van der Waals surface area contributed by atoms with E-state index in [0.717, 1.165) is 41.9 Å². The van der Waals surface area contributed by atoms with Crippen LogP contribution in [-0.4, -0.2) is 61.2 Å². The van der Waals surface area contributed by atoms with E-state index in [1.54, 1.807) is 41.3 Å². The van der Waals surface area contributed by atoms with Crippen LogP contribution in [0.3, 0.4) is 0 Å². The molecule has 2 heterocycles. The fraction of sp³-hybridized carbons (Fsp3) is 0.370. The molecule has 0 aliphatic carbocycles. The number of aryl methyl sites for hydroxylation is 1. The number of sulfonamides is 1. The van der Waals surface area contributed by atoms with Crippen LogP contribution in [0.1, 0.15) is 28.8 Å². The summed E-state index contributed by atoms with van der Waals surface area (Å²) in [6.07, 6.45) is 2.21. The molecule has 6 nitrogen and oxygen atoms in total. The van der Waals surface area contributed by atoms with Gasteiger partial charge in [0.15, 0.2) is 0 Å². The highest BCUT2D eigenvalue weighted by Crippen LogP contribution is 2.20. The second kappa shape index (κ2) is 12.1. The van der Waals surface area contributed by atoms with Crippen molar-refractivity contribution in [2.24, 2.45) is 0 Å². The normalized spacial score (nSPS) is 14.4. The van der Waals surface area contributed by atoms with Gasteiger partial charge in [-0.15, -0.1) is 11.3 Å². The monoisotopic (exact) mass is 529 g/mol. The molecule has 4 rings (SSSR count). The summed E-state index contributed by atoms with van der Waals surface area (Å²) in [6.45, 7) is 5.00. The van der Waals surface area contributed by atoms with Gasteiger partial charge in [0.25, 0.3) is 0 Å². The van der Waals surface area contributed by atoms with Crippen LogP contribution in [-0.2, 0) is 27.9 Å². The first kappa shape index (κ1) is 26.5. The number of thiophene rings is 1. The Morgan fingerprint density at radius 2 is 1.69 bits per heavy atom. The maximum atomic E-state index is 13.6. The molecule has 1 aliphatic rings. The summed E-state index contributed by atoms with van der Waals surface area (Å²) in [4.78, 5) is 18.7. The van der Waals surface area contributed by atoms with E-state index in [9.17, 15) is 17.6 Å². The minimum absolute atomic E-state index is 0.186. The standard InChI is InChI=1S/C27H32FN3O3S2/c1-22-6-12-26(13-7-22)36(33,34)31(17-16-29-14-2-3-15-29)21-27(32)30(20-25-5-4-18-35-25)19-23-8-10-24(28)11-9-23/h4-13,18H,2-3,14-17,19-21H2,1H3. The average Bonchev–Trinajstić information content (AvgIpc) is 3.57. The minimum atomic E-state index is -3.87. The third kappa shape index (κ3) is 7.00. The molecular formula is C27H32FN3O3S2. The van der Waals surface area contributed by atoms with Crippen LogP contribution in [0.2, 0.25) is 0 Å². The van der Waals surface area contributed by atoms with Gasteiger partial charge in [0.2, 0.25) is 15.9 Å². The lowest BCUT2D eigenvalue weighted by Crippen LogP contribution is -2.45.